The van der Waals surface area contributed by atoms with Crippen molar-refractivity contribution < 1.29 is 9.53 Å². The van der Waals surface area contributed by atoms with E-state index in [-0.39, 0.29) is 12.5 Å². The van der Waals surface area contributed by atoms with E-state index in [4.69, 9.17) is 27.9 Å². The van der Waals surface area contributed by atoms with Crippen molar-refractivity contribution in [2.24, 2.45) is 0 Å². The van der Waals surface area contributed by atoms with E-state index in [1.807, 2.05) is 7.05 Å². The topological polar surface area (TPSA) is 50.4 Å². The van der Waals surface area contributed by atoms with E-state index in [9.17, 15) is 4.79 Å². The molecule has 1 saturated carbocycles. The second-order valence-electron chi connectivity index (χ2n) is 5.24. The monoisotopic (exact) mass is 330 g/mol. The number of benzene rings is 1. The van der Waals surface area contributed by atoms with Crippen LogP contribution in [0.3, 0.4) is 0 Å². The van der Waals surface area contributed by atoms with Crippen LogP contribution in [-0.2, 0) is 11.3 Å². The minimum Gasteiger partial charge on any atom is -0.482 e. The molecule has 2 rings (SSSR count). The number of hydrogen-bond acceptors (Lipinski definition) is 3. The van der Waals surface area contributed by atoms with Gasteiger partial charge in [0, 0.05) is 23.2 Å². The highest BCUT2D eigenvalue weighted by molar-refractivity contribution is 6.35. The third-order valence-corrected chi connectivity index (χ3v) is 4.02. The van der Waals surface area contributed by atoms with Gasteiger partial charge < -0.3 is 15.4 Å². The van der Waals surface area contributed by atoms with Gasteiger partial charge in [-0.05, 0) is 32.0 Å². The summed E-state index contributed by atoms with van der Waals surface area (Å²) >= 11 is 12.1. The van der Waals surface area contributed by atoms with Gasteiger partial charge in [0.05, 0.1) is 5.02 Å². The molecular weight excluding hydrogens is 311 g/mol. The molecule has 6 heteroatoms. The predicted molar refractivity (Wildman–Crippen MR) is 85.1 cm³/mol. The summed E-state index contributed by atoms with van der Waals surface area (Å²) in [6, 6.07) is 3.69. The highest BCUT2D eigenvalue weighted by atomic mass is 35.5. The van der Waals surface area contributed by atoms with Crippen molar-refractivity contribution in [1.29, 1.82) is 0 Å². The van der Waals surface area contributed by atoms with Crippen LogP contribution < -0.4 is 15.4 Å². The molecule has 1 aromatic rings. The molecule has 116 valence electrons. The zero-order valence-electron chi connectivity index (χ0n) is 12.0. The number of amides is 1. The predicted octanol–water partition coefficient (Wildman–Crippen LogP) is 3.15. The van der Waals surface area contributed by atoms with E-state index < -0.39 is 0 Å². The smallest absolute Gasteiger partial charge is 0.258 e. The first kappa shape index (κ1) is 16.4. The van der Waals surface area contributed by atoms with Crippen LogP contribution in [0.1, 0.15) is 31.2 Å². The molecule has 0 radical (unpaired) electrons. The molecule has 4 nitrogen and oxygen atoms in total. The first-order chi connectivity index (χ1) is 10.1. The fourth-order valence-corrected chi connectivity index (χ4v) is 3.16. The molecule has 0 atom stereocenters. The largest absolute Gasteiger partial charge is 0.482 e. The average molecular weight is 331 g/mol. The molecule has 0 bridgehead atoms. The molecule has 0 heterocycles. The van der Waals surface area contributed by atoms with Crippen molar-refractivity contribution in [3.8, 4) is 5.75 Å². The highest BCUT2D eigenvalue weighted by Crippen LogP contribution is 2.32. The molecule has 0 aliphatic heterocycles. The fraction of sp³-hybridized carbons (Fsp3) is 0.533. The summed E-state index contributed by atoms with van der Waals surface area (Å²) < 4.78 is 5.60. The van der Waals surface area contributed by atoms with Crippen LogP contribution in [0.25, 0.3) is 0 Å². The normalized spacial score (nSPS) is 15.2. The minimum atomic E-state index is -0.108. The summed E-state index contributed by atoms with van der Waals surface area (Å²) in [6.45, 7) is 0.536. The Hall–Kier alpha value is -0.970. The van der Waals surface area contributed by atoms with Crippen LogP contribution in [0.4, 0.5) is 0 Å². The molecule has 21 heavy (non-hydrogen) atoms. The van der Waals surface area contributed by atoms with Gasteiger partial charge in [-0.1, -0.05) is 36.0 Å². The Bertz CT molecular complexity index is 503. The molecule has 2 N–H and O–H groups in total. The van der Waals surface area contributed by atoms with Gasteiger partial charge in [-0.15, -0.1) is 0 Å². The van der Waals surface area contributed by atoms with Gasteiger partial charge in [0.15, 0.2) is 6.61 Å². The van der Waals surface area contributed by atoms with E-state index in [0.29, 0.717) is 28.4 Å². The van der Waals surface area contributed by atoms with Gasteiger partial charge in [0.1, 0.15) is 5.75 Å². The Morgan fingerprint density at radius 2 is 2.05 bits per heavy atom. The number of carbonyl (C=O) groups is 1. The lowest BCUT2D eigenvalue weighted by atomic mass is 10.2. The van der Waals surface area contributed by atoms with Crippen LogP contribution in [0.15, 0.2) is 12.1 Å². The Labute approximate surface area is 135 Å². The van der Waals surface area contributed by atoms with Crippen molar-refractivity contribution in [2.75, 3.05) is 13.7 Å². The number of ether oxygens (including phenoxy) is 1. The Morgan fingerprint density at radius 1 is 1.33 bits per heavy atom. The van der Waals surface area contributed by atoms with Crippen molar-refractivity contribution in [1.82, 2.24) is 10.6 Å². The molecule has 0 aromatic heterocycles. The molecule has 1 amide bonds. The van der Waals surface area contributed by atoms with Gasteiger partial charge in [-0.25, -0.2) is 0 Å². The van der Waals surface area contributed by atoms with Crippen LogP contribution in [-0.4, -0.2) is 25.6 Å². The van der Waals surface area contributed by atoms with E-state index in [0.717, 1.165) is 18.4 Å². The molecule has 1 aromatic carbocycles. The molecule has 0 spiro atoms. The van der Waals surface area contributed by atoms with Gasteiger partial charge in [0.25, 0.3) is 5.91 Å². The SMILES string of the molecule is CNCc1cc(Cl)cc(Cl)c1OCC(=O)NC1CCCC1. The van der Waals surface area contributed by atoms with Gasteiger partial charge >= 0.3 is 0 Å². The van der Waals surface area contributed by atoms with E-state index in [1.165, 1.54) is 12.8 Å². The maximum atomic E-state index is 11.9. The number of halogens is 2. The second-order valence-corrected chi connectivity index (χ2v) is 6.09. The summed E-state index contributed by atoms with van der Waals surface area (Å²) in [5.74, 6) is 0.403. The van der Waals surface area contributed by atoms with Gasteiger partial charge in [0.2, 0.25) is 0 Å². The van der Waals surface area contributed by atoms with Crippen LogP contribution in [0, 0.1) is 0 Å². The molecule has 0 saturated heterocycles. The van der Waals surface area contributed by atoms with Crippen LogP contribution in [0.2, 0.25) is 10.0 Å². The maximum Gasteiger partial charge on any atom is 0.258 e. The molecule has 1 aliphatic carbocycles. The van der Waals surface area contributed by atoms with Crippen LogP contribution in [0.5, 0.6) is 5.75 Å². The summed E-state index contributed by atoms with van der Waals surface area (Å²) in [5.41, 5.74) is 0.837. The summed E-state index contributed by atoms with van der Waals surface area (Å²) in [7, 11) is 1.82. The third kappa shape index (κ3) is 4.77. The van der Waals surface area contributed by atoms with E-state index >= 15 is 0 Å². The van der Waals surface area contributed by atoms with Crippen molar-refractivity contribution in [3.05, 3.63) is 27.7 Å². The number of nitrogens with one attached hydrogen (secondary N) is 2. The van der Waals surface area contributed by atoms with Crippen molar-refractivity contribution in [3.63, 3.8) is 0 Å². The first-order valence-corrected chi connectivity index (χ1v) is 7.90. The molecule has 0 unspecified atom stereocenters. The molecule has 1 fully saturated rings. The fourth-order valence-electron chi connectivity index (χ4n) is 2.57. The average Bonchev–Trinajstić information content (AvgIpc) is 2.90. The van der Waals surface area contributed by atoms with Crippen LogP contribution >= 0.6 is 23.2 Å². The molecule has 1 aliphatic rings. The Morgan fingerprint density at radius 3 is 2.71 bits per heavy atom. The maximum absolute atomic E-state index is 11.9. The lowest BCUT2D eigenvalue weighted by Gasteiger charge is -2.15. The lowest BCUT2D eigenvalue weighted by molar-refractivity contribution is -0.123. The number of rotatable bonds is 6. The molecular formula is C15H20Cl2N2O2. The van der Waals surface area contributed by atoms with E-state index in [1.54, 1.807) is 12.1 Å². The third-order valence-electron chi connectivity index (χ3n) is 3.52. The standard InChI is InChI=1S/C15H20Cl2N2O2/c1-18-8-10-6-11(16)7-13(17)15(10)21-9-14(20)19-12-4-2-3-5-12/h6-7,12,18H,2-5,8-9H2,1H3,(H,19,20). The van der Waals surface area contributed by atoms with Gasteiger partial charge in [-0.2, -0.15) is 0 Å². The number of hydrogen-bond donors (Lipinski definition) is 2. The second kappa shape index (κ2) is 7.87. The van der Waals surface area contributed by atoms with Crippen molar-refractivity contribution in [2.45, 2.75) is 38.3 Å². The van der Waals surface area contributed by atoms with Crippen molar-refractivity contribution >= 4 is 29.1 Å². The summed E-state index contributed by atoms with van der Waals surface area (Å²) in [6.07, 6.45) is 4.47. The quantitative estimate of drug-likeness (QED) is 0.842. The first-order valence-electron chi connectivity index (χ1n) is 7.15. The minimum absolute atomic E-state index is 0.0332. The lowest BCUT2D eigenvalue weighted by Crippen LogP contribution is -2.36. The Kier molecular flexibility index (Phi) is 6.15. The summed E-state index contributed by atoms with van der Waals surface area (Å²) in [5, 5.41) is 6.98. The number of carbonyl (C=O) groups excluding carboxylic acids is 1. The zero-order chi connectivity index (χ0) is 15.2. The van der Waals surface area contributed by atoms with Gasteiger partial charge in [-0.3, -0.25) is 4.79 Å². The summed E-state index contributed by atoms with van der Waals surface area (Å²) in [4.78, 5) is 11.9. The Balaban J connectivity index is 1.96. The highest BCUT2D eigenvalue weighted by Gasteiger charge is 2.18. The van der Waals surface area contributed by atoms with E-state index in [2.05, 4.69) is 10.6 Å². The zero-order valence-corrected chi connectivity index (χ0v) is 13.6.